The van der Waals surface area contributed by atoms with Gasteiger partial charge in [0.25, 0.3) is 8.68 Å². The molecule has 1 aliphatic carbocycles. The van der Waals surface area contributed by atoms with E-state index in [1.165, 1.54) is 8.54 Å². The van der Waals surface area contributed by atoms with Crippen molar-refractivity contribution < 1.29 is 0 Å². The molecule has 0 spiro atoms. The fourth-order valence-corrected chi connectivity index (χ4v) is 4.52. The predicted molar refractivity (Wildman–Crippen MR) is 103 cm³/mol. The van der Waals surface area contributed by atoms with Crippen LogP contribution in [0.5, 0.6) is 0 Å². The molecule has 1 aromatic heterocycles. The van der Waals surface area contributed by atoms with E-state index in [0.29, 0.717) is 10.9 Å². The molecule has 24 heavy (non-hydrogen) atoms. The van der Waals surface area contributed by atoms with Gasteiger partial charge in [0, 0.05) is 18.0 Å². The molecule has 0 N–H and O–H groups in total. The van der Waals surface area contributed by atoms with Gasteiger partial charge in [-0.1, -0.05) is 65.7 Å². The number of hydrogen-bond donors (Lipinski definition) is 0. The maximum Gasteiger partial charge on any atom is 0.342 e. The topological polar surface area (TPSA) is 44.0 Å². The zero-order valence-corrected chi connectivity index (χ0v) is 16.2. The number of hydrogen-bond acceptors (Lipinski definition) is 3. The van der Waals surface area contributed by atoms with Gasteiger partial charge in [-0.3, -0.25) is 9.36 Å². The number of aromatic nitrogens is 2. The summed E-state index contributed by atoms with van der Waals surface area (Å²) in [5.41, 5.74) is 0.726. The minimum absolute atomic E-state index is 0.0918. The Hall–Kier alpha value is -0.620. The third-order valence-electron chi connectivity index (χ3n) is 4.33. The highest BCUT2D eigenvalue weighted by molar-refractivity contribution is 8.03. The number of fused-ring (bicyclic) bond motifs is 1. The molecule has 1 aliphatic rings. The van der Waals surface area contributed by atoms with E-state index in [2.05, 4.69) is 0 Å². The minimum Gasteiger partial charge on any atom is -0.268 e. The lowest BCUT2D eigenvalue weighted by Gasteiger charge is -2.25. The third-order valence-corrected chi connectivity index (χ3v) is 5.70. The van der Waals surface area contributed by atoms with Gasteiger partial charge in [-0.2, -0.15) is 0 Å². The molecule has 0 bridgehead atoms. The van der Waals surface area contributed by atoms with Gasteiger partial charge < -0.3 is 0 Å². The van der Waals surface area contributed by atoms with Crippen LogP contribution in [-0.2, 0) is 0 Å². The summed E-state index contributed by atoms with van der Waals surface area (Å²) in [6.07, 6.45) is 4.81. The van der Waals surface area contributed by atoms with Crippen molar-refractivity contribution in [1.82, 2.24) is 8.54 Å². The zero-order valence-electron chi connectivity index (χ0n) is 13.1. The standard InChI is InChI=1S/C16H17Cl3N2O2S/c1-10-7-8-13-12(9-10)14(22)20(11-5-3-2-4-6-11)15(23)21(13)24-16(17,18)19/h7-9,11H,2-6H2,1H3. The van der Waals surface area contributed by atoms with Crippen molar-refractivity contribution in [3.8, 4) is 0 Å². The third kappa shape index (κ3) is 3.64. The molecule has 0 saturated heterocycles. The van der Waals surface area contributed by atoms with Gasteiger partial charge in [0.1, 0.15) is 0 Å². The van der Waals surface area contributed by atoms with Crippen molar-refractivity contribution in [3.63, 3.8) is 0 Å². The van der Waals surface area contributed by atoms with E-state index in [1.54, 1.807) is 12.1 Å². The smallest absolute Gasteiger partial charge is 0.268 e. The Balaban J connectivity index is 2.31. The van der Waals surface area contributed by atoms with Crippen LogP contribution in [0.15, 0.2) is 27.8 Å². The molecular formula is C16H17Cl3N2O2S. The van der Waals surface area contributed by atoms with Crippen LogP contribution in [0.2, 0.25) is 0 Å². The lowest BCUT2D eigenvalue weighted by molar-refractivity contribution is 0.337. The fourth-order valence-electron chi connectivity index (χ4n) is 3.27. The molecule has 130 valence electrons. The summed E-state index contributed by atoms with van der Waals surface area (Å²) in [5.74, 6) is 0. The van der Waals surface area contributed by atoms with Gasteiger partial charge in [0.2, 0.25) is 0 Å². The summed E-state index contributed by atoms with van der Waals surface area (Å²) in [4.78, 5) is 26.0. The molecule has 3 rings (SSSR count). The summed E-state index contributed by atoms with van der Waals surface area (Å²) >= 11 is 18.5. The van der Waals surface area contributed by atoms with Gasteiger partial charge >= 0.3 is 5.69 Å². The molecule has 0 unspecified atom stereocenters. The van der Waals surface area contributed by atoms with E-state index < -0.39 is 8.81 Å². The first-order valence-electron chi connectivity index (χ1n) is 7.82. The van der Waals surface area contributed by atoms with Crippen molar-refractivity contribution in [2.75, 3.05) is 0 Å². The molecule has 1 heterocycles. The largest absolute Gasteiger partial charge is 0.342 e. The van der Waals surface area contributed by atoms with Crippen LogP contribution in [0, 0.1) is 6.92 Å². The number of nitrogens with zero attached hydrogens (tertiary/aromatic N) is 2. The van der Waals surface area contributed by atoms with Gasteiger partial charge in [-0.25, -0.2) is 8.77 Å². The van der Waals surface area contributed by atoms with Crippen LogP contribution in [0.4, 0.5) is 0 Å². The molecular weight excluding hydrogens is 391 g/mol. The second-order valence-electron chi connectivity index (χ2n) is 6.10. The predicted octanol–water partition coefficient (Wildman–Crippen LogP) is 4.80. The Bertz CT molecular complexity index is 880. The van der Waals surface area contributed by atoms with E-state index in [1.807, 2.05) is 13.0 Å². The van der Waals surface area contributed by atoms with Crippen LogP contribution in [-0.4, -0.2) is 11.7 Å². The van der Waals surface area contributed by atoms with Crippen LogP contribution in [0.25, 0.3) is 10.9 Å². The lowest BCUT2D eigenvalue weighted by Crippen LogP contribution is -2.42. The lowest BCUT2D eigenvalue weighted by atomic mass is 9.95. The SMILES string of the molecule is Cc1ccc2c(c1)c(=O)n(C1CCCCC1)c(=O)n2SC(Cl)(Cl)Cl. The highest BCUT2D eigenvalue weighted by Gasteiger charge is 2.28. The monoisotopic (exact) mass is 406 g/mol. The molecule has 0 aliphatic heterocycles. The molecule has 8 heteroatoms. The zero-order chi connectivity index (χ0) is 17.5. The van der Waals surface area contributed by atoms with Gasteiger partial charge in [0.15, 0.2) is 0 Å². The number of alkyl halides is 3. The van der Waals surface area contributed by atoms with Crippen molar-refractivity contribution in [2.24, 2.45) is 0 Å². The van der Waals surface area contributed by atoms with Crippen LogP contribution in [0.3, 0.4) is 0 Å². The van der Waals surface area contributed by atoms with Crippen molar-refractivity contribution >= 4 is 57.7 Å². The number of aryl methyl sites for hydroxylation is 1. The Morgan fingerprint density at radius 1 is 1.12 bits per heavy atom. The number of halogens is 3. The Morgan fingerprint density at radius 2 is 1.79 bits per heavy atom. The average molecular weight is 408 g/mol. The van der Waals surface area contributed by atoms with Crippen molar-refractivity contribution in [1.29, 1.82) is 0 Å². The van der Waals surface area contributed by atoms with E-state index >= 15 is 0 Å². The second-order valence-corrected chi connectivity index (χ2v) is 10.2. The minimum atomic E-state index is -1.70. The van der Waals surface area contributed by atoms with Crippen molar-refractivity contribution in [3.05, 3.63) is 44.6 Å². The number of rotatable bonds is 2. The highest BCUT2D eigenvalue weighted by atomic mass is 35.6. The molecule has 0 atom stereocenters. The maximum absolute atomic E-state index is 13.0. The van der Waals surface area contributed by atoms with Crippen LogP contribution < -0.4 is 11.2 Å². The molecule has 4 nitrogen and oxygen atoms in total. The molecule has 0 amide bonds. The quantitative estimate of drug-likeness (QED) is 0.672. The summed E-state index contributed by atoms with van der Waals surface area (Å²) in [6.45, 7) is 1.90. The Labute approximate surface area is 158 Å². The molecule has 1 fully saturated rings. The summed E-state index contributed by atoms with van der Waals surface area (Å²) in [6, 6.07) is 5.25. The molecule has 1 saturated carbocycles. The van der Waals surface area contributed by atoms with Gasteiger partial charge in [-0.15, -0.1) is 0 Å². The van der Waals surface area contributed by atoms with Gasteiger partial charge in [0.05, 0.1) is 10.9 Å². The van der Waals surface area contributed by atoms with Crippen LogP contribution in [0.1, 0.15) is 43.7 Å². The summed E-state index contributed by atoms with van der Waals surface area (Å²) in [7, 11) is 0. The summed E-state index contributed by atoms with van der Waals surface area (Å²) < 4.78 is 0.985. The van der Waals surface area contributed by atoms with E-state index in [-0.39, 0.29) is 11.6 Å². The van der Waals surface area contributed by atoms with Crippen molar-refractivity contribution in [2.45, 2.75) is 48.2 Å². The van der Waals surface area contributed by atoms with E-state index in [0.717, 1.165) is 49.6 Å². The normalized spacial score (nSPS) is 16.7. The first-order valence-corrected chi connectivity index (χ1v) is 9.73. The molecule has 0 radical (unpaired) electrons. The molecule has 1 aromatic carbocycles. The highest BCUT2D eigenvalue weighted by Crippen LogP contribution is 2.40. The number of benzene rings is 1. The first kappa shape index (κ1) is 18.2. The van der Waals surface area contributed by atoms with E-state index in [4.69, 9.17) is 34.8 Å². The first-order chi connectivity index (χ1) is 11.3. The van der Waals surface area contributed by atoms with Gasteiger partial charge in [-0.05, 0) is 31.9 Å². The van der Waals surface area contributed by atoms with Crippen LogP contribution >= 0.6 is 46.8 Å². The summed E-state index contributed by atoms with van der Waals surface area (Å²) in [5, 5.41) is 0.474. The second kappa shape index (κ2) is 6.94. The van der Waals surface area contributed by atoms with E-state index in [9.17, 15) is 9.59 Å². The Kier molecular flexibility index (Phi) is 5.26. The average Bonchev–Trinajstić information content (AvgIpc) is 2.52. The fraction of sp³-hybridized carbons (Fsp3) is 0.500. The molecule has 2 aromatic rings. The maximum atomic E-state index is 13.0. The Morgan fingerprint density at radius 3 is 2.42 bits per heavy atom.